The van der Waals surface area contributed by atoms with Crippen LogP contribution in [0.25, 0.3) is 0 Å². The number of hydrogen-bond acceptors (Lipinski definition) is 9. The van der Waals surface area contributed by atoms with E-state index < -0.39 is 56.2 Å². The van der Waals surface area contributed by atoms with Crippen LogP contribution < -0.4 is 0 Å². The minimum absolute atomic E-state index is 0.755. The Morgan fingerprint density at radius 3 is 0.909 bits per heavy atom. The van der Waals surface area contributed by atoms with Gasteiger partial charge in [0, 0.05) is 0 Å². The number of carboxylic acids is 4. The standard InChI is InChI=1S/2C4H6O5.BH3O3/c2*5-2(4(8)9)1-3(6)7;2-1(3)4/h2*2,5H,1H2,(H,6,7)(H,8,9);2-4H. The number of aliphatic carboxylic acids is 4. The monoisotopic (exact) mass is 330 g/mol. The van der Waals surface area contributed by atoms with Crippen molar-refractivity contribution in [2.75, 3.05) is 0 Å². The van der Waals surface area contributed by atoms with Gasteiger partial charge in [-0.15, -0.1) is 0 Å². The number of aliphatic hydroxyl groups excluding tert-OH is 2. The molecule has 0 rings (SSSR count). The average molecular weight is 330 g/mol. The lowest BCUT2D eigenvalue weighted by Crippen LogP contribution is -2.22. The number of rotatable bonds is 6. The maximum Gasteiger partial charge on any atom is 0.631 e. The third-order valence-corrected chi connectivity index (χ3v) is 1.31. The molecule has 0 aromatic carbocycles. The molecule has 0 aliphatic heterocycles. The highest BCUT2D eigenvalue weighted by atomic mass is 16.5. The van der Waals surface area contributed by atoms with Crippen LogP contribution in [0.3, 0.4) is 0 Å². The van der Waals surface area contributed by atoms with Crippen molar-refractivity contribution < 1.29 is 64.9 Å². The molecule has 0 aliphatic carbocycles. The third-order valence-electron chi connectivity index (χ3n) is 1.31. The first kappa shape index (κ1) is 24.7. The average Bonchev–Trinajstić information content (AvgIpc) is 2.26. The van der Waals surface area contributed by atoms with E-state index in [1.54, 1.807) is 0 Å². The summed E-state index contributed by atoms with van der Waals surface area (Å²) in [5, 5.41) is 69.8. The maximum atomic E-state index is 9.72. The largest absolute Gasteiger partial charge is 0.631 e. The van der Waals surface area contributed by atoms with E-state index in [1.807, 2.05) is 0 Å². The molecule has 0 saturated carbocycles. The zero-order valence-electron chi connectivity index (χ0n) is 10.8. The Morgan fingerprint density at radius 2 is 0.864 bits per heavy atom. The summed E-state index contributed by atoms with van der Waals surface area (Å²) in [6, 6.07) is 0. The van der Waals surface area contributed by atoms with Gasteiger partial charge in [0.15, 0.2) is 12.2 Å². The normalized spacial score (nSPS) is 11.5. The van der Waals surface area contributed by atoms with Crippen LogP contribution in [0.5, 0.6) is 0 Å². The van der Waals surface area contributed by atoms with E-state index in [1.165, 1.54) is 0 Å². The molecule has 14 heteroatoms. The van der Waals surface area contributed by atoms with Crippen molar-refractivity contribution in [1.82, 2.24) is 0 Å². The second kappa shape index (κ2) is 13.7. The minimum atomic E-state index is -2.17. The zero-order valence-corrected chi connectivity index (χ0v) is 10.8. The van der Waals surface area contributed by atoms with Crippen molar-refractivity contribution in [3.63, 3.8) is 0 Å². The molecular formula is C8H15BO13. The van der Waals surface area contributed by atoms with Crippen molar-refractivity contribution in [1.29, 1.82) is 0 Å². The highest BCUT2D eigenvalue weighted by Gasteiger charge is 2.16. The minimum Gasteiger partial charge on any atom is -0.481 e. The summed E-state index contributed by atoms with van der Waals surface area (Å²) in [5.41, 5.74) is 0. The molecule has 0 spiro atoms. The Kier molecular flexibility index (Phi) is 15.4. The topological polar surface area (TPSA) is 250 Å². The summed E-state index contributed by atoms with van der Waals surface area (Å²) in [6.45, 7) is 0. The second-order valence-electron chi connectivity index (χ2n) is 3.25. The van der Waals surface area contributed by atoms with E-state index in [-0.39, 0.29) is 0 Å². The zero-order chi connectivity index (χ0) is 18.5. The first-order valence-electron chi connectivity index (χ1n) is 5.10. The molecule has 0 amide bonds. The Labute approximate surface area is 122 Å². The fraction of sp³-hybridized carbons (Fsp3) is 0.500. The van der Waals surface area contributed by atoms with E-state index in [0.717, 1.165) is 0 Å². The van der Waals surface area contributed by atoms with Crippen LogP contribution in [0.4, 0.5) is 0 Å². The smallest absolute Gasteiger partial charge is 0.481 e. The molecule has 2 unspecified atom stereocenters. The van der Waals surface area contributed by atoms with Crippen molar-refractivity contribution in [3.8, 4) is 0 Å². The highest BCUT2D eigenvalue weighted by Crippen LogP contribution is 1.90. The summed E-state index contributed by atoms with van der Waals surface area (Å²) in [7, 11) is -2.17. The Balaban J connectivity index is -0.000000266. The summed E-state index contributed by atoms with van der Waals surface area (Å²) < 4.78 is 0. The lowest BCUT2D eigenvalue weighted by Gasteiger charge is -1.97. The van der Waals surface area contributed by atoms with Gasteiger partial charge < -0.3 is 45.7 Å². The fourth-order valence-electron chi connectivity index (χ4n) is 0.505. The number of hydrogen-bond donors (Lipinski definition) is 9. The van der Waals surface area contributed by atoms with Gasteiger partial charge in [-0.25, -0.2) is 9.59 Å². The number of aliphatic hydroxyl groups is 2. The molecule has 2 atom stereocenters. The quantitative estimate of drug-likeness (QED) is 0.209. The van der Waals surface area contributed by atoms with Gasteiger partial charge in [0.05, 0.1) is 12.8 Å². The Morgan fingerprint density at radius 1 is 0.682 bits per heavy atom. The SMILES string of the molecule is O=C(O)CC(O)C(=O)O.O=C(O)CC(O)C(=O)O.OB(O)O. The third kappa shape index (κ3) is 26.3. The van der Waals surface area contributed by atoms with E-state index in [0.29, 0.717) is 0 Å². The van der Waals surface area contributed by atoms with E-state index in [9.17, 15) is 19.2 Å². The molecule has 9 N–H and O–H groups in total. The number of carbonyl (C=O) groups is 4. The van der Waals surface area contributed by atoms with Crippen LogP contribution in [0.15, 0.2) is 0 Å². The van der Waals surface area contributed by atoms with Crippen LogP contribution in [-0.2, 0) is 19.2 Å². The van der Waals surface area contributed by atoms with Crippen molar-refractivity contribution in [3.05, 3.63) is 0 Å². The van der Waals surface area contributed by atoms with E-state index in [2.05, 4.69) is 0 Å². The Bertz CT molecular complexity index is 332. The van der Waals surface area contributed by atoms with Crippen LogP contribution in [0.1, 0.15) is 12.8 Å². The van der Waals surface area contributed by atoms with Gasteiger partial charge in [0.2, 0.25) is 0 Å². The molecule has 0 saturated heterocycles. The van der Waals surface area contributed by atoms with Gasteiger partial charge in [-0.1, -0.05) is 0 Å². The summed E-state index contributed by atoms with van der Waals surface area (Å²) >= 11 is 0. The van der Waals surface area contributed by atoms with Gasteiger partial charge in [-0.3, -0.25) is 9.59 Å². The van der Waals surface area contributed by atoms with Crippen molar-refractivity contribution in [2.24, 2.45) is 0 Å². The predicted molar refractivity (Wildman–Crippen MR) is 64.2 cm³/mol. The molecule has 0 fully saturated rings. The van der Waals surface area contributed by atoms with Gasteiger partial charge in [-0.05, 0) is 0 Å². The molecule has 13 nitrogen and oxygen atoms in total. The van der Waals surface area contributed by atoms with Crippen LogP contribution >= 0.6 is 0 Å². The van der Waals surface area contributed by atoms with Gasteiger partial charge in [0.25, 0.3) is 0 Å². The maximum absolute atomic E-state index is 9.72. The molecule has 0 aliphatic rings. The van der Waals surface area contributed by atoms with Crippen molar-refractivity contribution in [2.45, 2.75) is 25.0 Å². The fourth-order valence-corrected chi connectivity index (χ4v) is 0.505. The van der Waals surface area contributed by atoms with E-state index >= 15 is 0 Å². The van der Waals surface area contributed by atoms with E-state index in [4.69, 9.17) is 45.7 Å². The number of carboxylic acid groups (broad SMARTS) is 4. The first-order valence-corrected chi connectivity index (χ1v) is 5.10. The van der Waals surface area contributed by atoms with Crippen LogP contribution in [-0.4, -0.2) is 89.1 Å². The summed E-state index contributed by atoms with van der Waals surface area (Å²) in [4.78, 5) is 38.8. The summed E-state index contributed by atoms with van der Waals surface area (Å²) in [5.74, 6) is -5.69. The lowest BCUT2D eigenvalue weighted by atomic mass is 10.3. The van der Waals surface area contributed by atoms with Gasteiger partial charge >= 0.3 is 31.2 Å². The molecule has 0 aromatic heterocycles. The van der Waals surface area contributed by atoms with Gasteiger partial charge in [-0.2, -0.15) is 0 Å². The van der Waals surface area contributed by atoms with Gasteiger partial charge in [0.1, 0.15) is 0 Å². The molecule has 22 heavy (non-hydrogen) atoms. The lowest BCUT2D eigenvalue weighted by molar-refractivity contribution is -0.153. The molecular weight excluding hydrogens is 315 g/mol. The highest BCUT2D eigenvalue weighted by molar-refractivity contribution is 6.30. The Hall–Kier alpha value is -2.26. The van der Waals surface area contributed by atoms with Crippen molar-refractivity contribution >= 4 is 31.2 Å². The molecule has 0 radical (unpaired) electrons. The summed E-state index contributed by atoms with van der Waals surface area (Å²) in [6.07, 6.45) is -5.09. The second-order valence-corrected chi connectivity index (χ2v) is 3.25. The molecule has 0 aromatic rings. The molecule has 0 heterocycles. The molecule has 0 bridgehead atoms. The predicted octanol–water partition coefficient (Wildman–Crippen LogP) is -4.24. The van der Waals surface area contributed by atoms with Crippen LogP contribution in [0, 0.1) is 0 Å². The first-order chi connectivity index (χ1) is 9.81. The molecule has 128 valence electrons. The van der Waals surface area contributed by atoms with Crippen LogP contribution in [0.2, 0.25) is 0 Å².